The molecule has 0 amide bonds. The fraction of sp³-hybridized carbons (Fsp3) is 1.00. The summed E-state index contributed by atoms with van der Waals surface area (Å²) in [5, 5.41) is 9.75. The normalized spacial score (nSPS) is 10.9. The SMILES string of the molecule is CCN(O)CC.CCOS(=O)(=O)O. The van der Waals surface area contributed by atoms with E-state index in [0.29, 0.717) is 0 Å². The summed E-state index contributed by atoms with van der Waals surface area (Å²) in [6.45, 7) is 6.69. The van der Waals surface area contributed by atoms with Gasteiger partial charge in [-0.1, -0.05) is 13.8 Å². The van der Waals surface area contributed by atoms with Gasteiger partial charge < -0.3 is 5.21 Å². The van der Waals surface area contributed by atoms with Gasteiger partial charge >= 0.3 is 10.4 Å². The van der Waals surface area contributed by atoms with Crippen LogP contribution >= 0.6 is 0 Å². The highest BCUT2D eigenvalue weighted by Gasteiger charge is 1.98. The summed E-state index contributed by atoms with van der Waals surface area (Å²) in [7, 11) is -4.17. The first-order valence-corrected chi connectivity index (χ1v) is 5.29. The third-order valence-corrected chi connectivity index (χ3v) is 1.53. The molecule has 0 bridgehead atoms. The van der Waals surface area contributed by atoms with Crippen LogP contribution in [0.2, 0.25) is 0 Å². The molecule has 0 fully saturated rings. The third kappa shape index (κ3) is 18.6. The molecule has 0 aliphatic heterocycles. The Balaban J connectivity index is 0. The standard InChI is InChI=1S/C4H11NO.C2H6O4S/c1-3-5(6)4-2;1-2-6-7(3,4)5/h6H,3-4H2,1-2H3;2H2,1H3,(H,3,4,5). The number of hydrogen-bond donors (Lipinski definition) is 2. The average Bonchev–Trinajstić information content (AvgIpc) is 2.02. The molecule has 0 spiro atoms. The van der Waals surface area contributed by atoms with Gasteiger partial charge in [-0.05, 0) is 6.92 Å². The van der Waals surface area contributed by atoms with Crippen molar-refractivity contribution in [3.05, 3.63) is 0 Å². The first-order valence-electron chi connectivity index (χ1n) is 3.93. The van der Waals surface area contributed by atoms with Gasteiger partial charge in [0.1, 0.15) is 0 Å². The second-order valence-corrected chi connectivity index (χ2v) is 3.06. The van der Waals surface area contributed by atoms with Crippen molar-refractivity contribution in [1.29, 1.82) is 0 Å². The van der Waals surface area contributed by atoms with Crippen LogP contribution < -0.4 is 0 Å². The maximum atomic E-state index is 9.56. The van der Waals surface area contributed by atoms with Crippen LogP contribution in [0.15, 0.2) is 0 Å². The minimum Gasteiger partial charge on any atom is -0.314 e. The highest BCUT2D eigenvalue weighted by molar-refractivity contribution is 7.80. The number of hydrogen-bond acceptors (Lipinski definition) is 5. The van der Waals surface area contributed by atoms with Gasteiger partial charge in [-0.2, -0.15) is 13.5 Å². The van der Waals surface area contributed by atoms with E-state index in [0.717, 1.165) is 13.1 Å². The van der Waals surface area contributed by atoms with E-state index in [9.17, 15) is 8.42 Å². The van der Waals surface area contributed by atoms with E-state index in [1.807, 2.05) is 13.8 Å². The van der Waals surface area contributed by atoms with E-state index in [4.69, 9.17) is 9.76 Å². The van der Waals surface area contributed by atoms with Crippen molar-refractivity contribution in [1.82, 2.24) is 5.06 Å². The molecule has 2 N–H and O–H groups in total. The second-order valence-electron chi connectivity index (χ2n) is 1.97. The van der Waals surface area contributed by atoms with E-state index in [1.165, 1.54) is 12.0 Å². The molecule has 6 nitrogen and oxygen atoms in total. The molecule has 82 valence electrons. The number of hydroxylamine groups is 2. The van der Waals surface area contributed by atoms with Crippen molar-refractivity contribution >= 4 is 10.4 Å². The lowest BCUT2D eigenvalue weighted by atomic mass is 10.6. The van der Waals surface area contributed by atoms with Crippen molar-refractivity contribution in [2.75, 3.05) is 19.7 Å². The van der Waals surface area contributed by atoms with Crippen LogP contribution in [0.3, 0.4) is 0 Å². The van der Waals surface area contributed by atoms with Crippen LogP contribution in [-0.4, -0.2) is 42.9 Å². The predicted molar refractivity (Wildman–Crippen MR) is 47.9 cm³/mol. The Kier molecular flexibility index (Phi) is 9.86. The minimum absolute atomic E-state index is 0.0289. The zero-order chi connectivity index (χ0) is 10.9. The van der Waals surface area contributed by atoms with Crippen LogP contribution in [0.25, 0.3) is 0 Å². The van der Waals surface area contributed by atoms with Crippen LogP contribution in [-0.2, 0) is 14.6 Å². The van der Waals surface area contributed by atoms with Gasteiger partial charge in [0.15, 0.2) is 0 Å². The predicted octanol–water partition coefficient (Wildman–Crippen LogP) is 0.543. The van der Waals surface area contributed by atoms with E-state index in [2.05, 4.69) is 4.18 Å². The van der Waals surface area contributed by atoms with E-state index in [-0.39, 0.29) is 6.61 Å². The molecule has 0 heterocycles. The molecule has 7 heteroatoms. The fourth-order valence-corrected chi connectivity index (χ4v) is 0.670. The van der Waals surface area contributed by atoms with Gasteiger partial charge in [0.2, 0.25) is 0 Å². The highest BCUT2D eigenvalue weighted by atomic mass is 32.3. The number of rotatable bonds is 4. The van der Waals surface area contributed by atoms with Crippen molar-refractivity contribution < 1.29 is 22.4 Å². The molecule has 0 atom stereocenters. The molecule has 0 saturated carbocycles. The molecule has 0 aromatic heterocycles. The van der Waals surface area contributed by atoms with Crippen molar-refractivity contribution in [3.63, 3.8) is 0 Å². The minimum atomic E-state index is -4.17. The summed E-state index contributed by atoms with van der Waals surface area (Å²) in [5.41, 5.74) is 0. The topological polar surface area (TPSA) is 87.1 Å². The highest BCUT2D eigenvalue weighted by Crippen LogP contribution is 1.81. The largest absolute Gasteiger partial charge is 0.397 e. The zero-order valence-corrected chi connectivity index (χ0v) is 8.91. The monoisotopic (exact) mass is 215 g/mol. The maximum Gasteiger partial charge on any atom is 0.397 e. The molecule has 0 aromatic carbocycles. The quantitative estimate of drug-likeness (QED) is 0.526. The van der Waals surface area contributed by atoms with Gasteiger partial charge in [-0.3, -0.25) is 4.55 Å². The van der Waals surface area contributed by atoms with Crippen molar-refractivity contribution in [2.45, 2.75) is 20.8 Å². The van der Waals surface area contributed by atoms with Crippen molar-refractivity contribution in [2.24, 2.45) is 0 Å². The zero-order valence-electron chi connectivity index (χ0n) is 8.10. The Labute approximate surface area is 79.0 Å². The van der Waals surface area contributed by atoms with Gasteiger partial charge in [-0.15, -0.1) is 0 Å². The van der Waals surface area contributed by atoms with Crippen molar-refractivity contribution in [3.8, 4) is 0 Å². The Morgan fingerprint density at radius 3 is 1.62 bits per heavy atom. The van der Waals surface area contributed by atoms with Crippen LogP contribution in [0.5, 0.6) is 0 Å². The van der Waals surface area contributed by atoms with E-state index < -0.39 is 10.4 Å². The molecule has 0 radical (unpaired) electrons. The molecular formula is C6H17NO5S. The number of nitrogens with zero attached hydrogens (tertiary/aromatic N) is 1. The molecule has 0 unspecified atom stereocenters. The second kappa shape index (κ2) is 8.39. The Morgan fingerprint density at radius 2 is 1.62 bits per heavy atom. The molecule has 13 heavy (non-hydrogen) atoms. The molecule has 0 saturated heterocycles. The van der Waals surface area contributed by atoms with Crippen LogP contribution in [0, 0.1) is 0 Å². The summed E-state index contributed by atoms with van der Waals surface area (Å²) < 4.78 is 30.7. The fourth-order valence-electron chi connectivity index (χ4n) is 0.373. The van der Waals surface area contributed by atoms with Crippen LogP contribution in [0.1, 0.15) is 20.8 Å². The molecule has 0 aromatic rings. The van der Waals surface area contributed by atoms with Gasteiger partial charge in [0.05, 0.1) is 6.61 Å². The molecule has 0 rings (SSSR count). The summed E-state index contributed by atoms with van der Waals surface area (Å²) in [4.78, 5) is 0. The first kappa shape index (κ1) is 15.3. The lowest BCUT2D eigenvalue weighted by molar-refractivity contribution is -0.0813. The van der Waals surface area contributed by atoms with Crippen LogP contribution in [0.4, 0.5) is 0 Å². The maximum absolute atomic E-state index is 9.56. The van der Waals surface area contributed by atoms with Gasteiger partial charge in [0.25, 0.3) is 0 Å². The molecule has 0 aliphatic rings. The average molecular weight is 215 g/mol. The Bertz CT molecular complexity index is 187. The van der Waals surface area contributed by atoms with E-state index in [1.54, 1.807) is 0 Å². The smallest absolute Gasteiger partial charge is 0.314 e. The first-order chi connectivity index (χ1) is 5.87. The van der Waals surface area contributed by atoms with Gasteiger partial charge in [-0.25, -0.2) is 4.18 Å². The lowest BCUT2D eigenvalue weighted by Crippen LogP contribution is -2.16. The van der Waals surface area contributed by atoms with E-state index >= 15 is 0 Å². The Hall–Kier alpha value is -0.210. The summed E-state index contributed by atoms with van der Waals surface area (Å²) in [6.07, 6.45) is 0. The van der Waals surface area contributed by atoms with Gasteiger partial charge in [0, 0.05) is 13.1 Å². The lowest BCUT2D eigenvalue weighted by Gasteiger charge is -2.05. The molecule has 0 aliphatic carbocycles. The summed E-state index contributed by atoms with van der Waals surface area (Å²) in [6, 6.07) is 0. The summed E-state index contributed by atoms with van der Waals surface area (Å²) >= 11 is 0. The molecular weight excluding hydrogens is 198 g/mol. The third-order valence-electron chi connectivity index (χ3n) is 0.997. The Morgan fingerprint density at radius 1 is 1.23 bits per heavy atom. The summed E-state index contributed by atoms with van der Waals surface area (Å²) in [5.74, 6) is 0.